The van der Waals surface area contributed by atoms with Crippen molar-refractivity contribution in [3.63, 3.8) is 0 Å². The summed E-state index contributed by atoms with van der Waals surface area (Å²) in [5.41, 5.74) is 17.2. The topological polar surface area (TPSA) is 320 Å². The van der Waals surface area contributed by atoms with Crippen LogP contribution in [0, 0.1) is 0 Å². The maximum Gasteiger partial charge on any atom is 0.472 e. The maximum absolute atomic E-state index is 13.0. The molecule has 226 valence electrons. The number of phosphoric ester groups is 1. The summed E-state index contributed by atoms with van der Waals surface area (Å²) in [6.45, 7) is -1.30. The van der Waals surface area contributed by atoms with Crippen molar-refractivity contribution in [1.29, 1.82) is 0 Å². The molecule has 0 aromatic carbocycles. The van der Waals surface area contributed by atoms with Crippen LogP contribution in [0.25, 0.3) is 22.3 Å². The lowest BCUT2D eigenvalue weighted by Gasteiger charge is -2.25. The minimum Gasteiger partial charge on any atom is -0.394 e. The molecule has 6 rings (SSSR count). The zero-order valence-electron chi connectivity index (χ0n) is 21.3. The number of aromatic amines is 1. The van der Waals surface area contributed by atoms with E-state index in [2.05, 4.69) is 29.9 Å². The van der Waals surface area contributed by atoms with E-state index < -0.39 is 75.6 Å². The lowest BCUT2D eigenvalue weighted by molar-refractivity contribution is -0.0591. The average molecular weight is 611 g/mol. The van der Waals surface area contributed by atoms with Crippen LogP contribution in [0.4, 0.5) is 11.8 Å². The van der Waals surface area contributed by atoms with E-state index in [1.165, 1.54) is 17.2 Å². The minimum absolute atomic E-state index is 0.0706. The summed E-state index contributed by atoms with van der Waals surface area (Å²) in [4.78, 5) is 45.1. The van der Waals surface area contributed by atoms with Crippen molar-refractivity contribution in [3.05, 3.63) is 29.3 Å². The first kappa shape index (κ1) is 28.5. The third-order valence-corrected chi connectivity index (χ3v) is 7.95. The number of hydrogen-bond donors (Lipinski definition) is 8. The van der Waals surface area contributed by atoms with Gasteiger partial charge in [0.2, 0.25) is 5.95 Å². The molecule has 2 saturated heterocycles. The zero-order chi connectivity index (χ0) is 29.9. The Morgan fingerprint density at radius 1 is 1.00 bits per heavy atom. The molecular formula is C20H26N11O10P. The van der Waals surface area contributed by atoms with E-state index in [0.29, 0.717) is 0 Å². The predicted octanol–water partition coefficient (Wildman–Crippen LogP) is -3.54. The number of phosphoric acid groups is 1. The Morgan fingerprint density at radius 3 is 2.43 bits per heavy atom. The van der Waals surface area contributed by atoms with Crippen LogP contribution >= 0.6 is 7.82 Å². The smallest absolute Gasteiger partial charge is 0.394 e. The number of H-pyrrole nitrogens is 1. The number of nitrogen functional groups attached to an aromatic ring is 2. The lowest BCUT2D eigenvalue weighted by Crippen LogP contribution is -2.41. The van der Waals surface area contributed by atoms with Crippen molar-refractivity contribution in [2.45, 2.75) is 49.0 Å². The molecule has 0 amide bonds. The largest absolute Gasteiger partial charge is 0.472 e. The molecule has 2 aliphatic heterocycles. The average Bonchev–Trinajstić information content (AvgIpc) is 3.69. The summed E-state index contributed by atoms with van der Waals surface area (Å²) in [5, 5.41) is 31.1. The van der Waals surface area contributed by atoms with E-state index in [9.17, 15) is 29.6 Å². The predicted molar refractivity (Wildman–Crippen MR) is 138 cm³/mol. The van der Waals surface area contributed by atoms with Crippen LogP contribution in [0.3, 0.4) is 0 Å². The van der Waals surface area contributed by atoms with E-state index in [1.54, 1.807) is 0 Å². The van der Waals surface area contributed by atoms with Gasteiger partial charge in [-0.1, -0.05) is 0 Å². The van der Waals surface area contributed by atoms with Gasteiger partial charge in [0, 0.05) is 0 Å². The number of imidazole rings is 2. The van der Waals surface area contributed by atoms with Gasteiger partial charge in [0.1, 0.15) is 42.4 Å². The fourth-order valence-corrected chi connectivity index (χ4v) is 5.82. The van der Waals surface area contributed by atoms with Crippen molar-refractivity contribution in [1.82, 2.24) is 39.0 Å². The summed E-state index contributed by atoms with van der Waals surface area (Å²) in [6, 6.07) is -1.08. The number of aromatic nitrogens is 8. The number of nitrogens with zero attached hydrogens (tertiary/aromatic N) is 7. The molecule has 21 nitrogen and oxygen atoms in total. The van der Waals surface area contributed by atoms with E-state index in [0.717, 1.165) is 10.9 Å². The van der Waals surface area contributed by atoms with Crippen molar-refractivity contribution < 1.29 is 43.3 Å². The molecule has 22 heteroatoms. The Kier molecular flexibility index (Phi) is 7.17. The van der Waals surface area contributed by atoms with Crippen LogP contribution in [0.1, 0.15) is 12.5 Å². The number of aliphatic hydroxyl groups excluding tert-OH is 3. The van der Waals surface area contributed by atoms with Gasteiger partial charge in [-0.3, -0.25) is 28.0 Å². The van der Waals surface area contributed by atoms with E-state index >= 15 is 0 Å². The second-order valence-corrected chi connectivity index (χ2v) is 11.0. The Hall–Kier alpha value is -3.63. The first-order valence-electron chi connectivity index (χ1n) is 12.3. The van der Waals surface area contributed by atoms with Crippen LogP contribution in [-0.2, 0) is 23.1 Å². The monoisotopic (exact) mass is 611 g/mol. The molecule has 9 atom stereocenters. The normalized spacial score (nSPS) is 31.3. The van der Waals surface area contributed by atoms with Crippen molar-refractivity contribution in [3.8, 4) is 0 Å². The minimum atomic E-state index is -5.00. The summed E-state index contributed by atoms with van der Waals surface area (Å²) < 4.78 is 37.4. The van der Waals surface area contributed by atoms with Gasteiger partial charge in [-0.15, -0.1) is 0 Å². The van der Waals surface area contributed by atoms with Crippen LogP contribution in [0.2, 0.25) is 0 Å². The molecule has 0 radical (unpaired) electrons. The van der Waals surface area contributed by atoms with E-state index in [1.807, 2.05) is 0 Å². The van der Waals surface area contributed by atoms with Gasteiger partial charge in [0.15, 0.2) is 35.1 Å². The van der Waals surface area contributed by atoms with Gasteiger partial charge >= 0.3 is 7.82 Å². The number of rotatable bonds is 8. The van der Waals surface area contributed by atoms with Gasteiger partial charge in [0.25, 0.3) is 5.56 Å². The highest BCUT2D eigenvalue weighted by Crippen LogP contribution is 2.50. The second kappa shape index (κ2) is 10.6. The lowest BCUT2D eigenvalue weighted by atomic mass is 10.1. The SMILES string of the molecule is Nc1nc2c(ncn2[C@@H]2O[C@H](CO)[C@@H](O)[C@H]2OP(=O)(O)OC[C@H]2O[C@@H](n3cnc4c(N)ncnc43)[C@H](O)[C@@H]2N)c(=O)[nH]1. The Bertz CT molecular complexity index is 1730. The van der Waals surface area contributed by atoms with E-state index in [4.69, 9.17) is 35.7 Å². The van der Waals surface area contributed by atoms with Gasteiger partial charge in [-0.2, -0.15) is 4.98 Å². The van der Waals surface area contributed by atoms with Crippen LogP contribution in [0.15, 0.2) is 23.8 Å². The molecule has 4 aromatic rings. The number of aliphatic hydroxyl groups is 3. The fourth-order valence-electron chi connectivity index (χ4n) is 4.88. The van der Waals surface area contributed by atoms with Gasteiger partial charge in [0.05, 0.1) is 31.9 Å². The highest BCUT2D eigenvalue weighted by Gasteiger charge is 2.50. The molecule has 2 fully saturated rings. The molecule has 2 aliphatic rings. The highest BCUT2D eigenvalue weighted by atomic mass is 31.2. The Balaban J connectivity index is 1.19. The van der Waals surface area contributed by atoms with Crippen LogP contribution < -0.4 is 22.8 Å². The van der Waals surface area contributed by atoms with Crippen molar-refractivity contribution in [2.75, 3.05) is 24.7 Å². The third-order valence-electron chi connectivity index (χ3n) is 6.97. The number of anilines is 2. The molecule has 0 spiro atoms. The Morgan fingerprint density at radius 2 is 1.69 bits per heavy atom. The van der Waals surface area contributed by atoms with Gasteiger partial charge in [-0.25, -0.2) is 24.5 Å². The van der Waals surface area contributed by atoms with Crippen molar-refractivity contribution in [2.24, 2.45) is 5.73 Å². The van der Waals surface area contributed by atoms with Crippen LogP contribution in [0.5, 0.6) is 0 Å². The molecule has 1 unspecified atom stereocenters. The number of fused-ring (bicyclic) bond motifs is 2. The standard InChI is InChI=1S/C20H26N11O10P/c21-8-7(40-18(12(8)34)30-4-26-9-14(22)24-3-25-15(9)30)2-38-42(36,37)41-13-11(33)6(1-32)39-19(13)31-5-27-10-16(31)28-20(23)29-17(10)35/h3-8,11-13,18-19,32-34H,1-2,21H2,(H,36,37)(H2,22,24,25)(H3,23,28,29,35)/t6-,7-,8-,11-,12-,13-,18-,19-/m1/s1. The molecule has 0 bridgehead atoms. The number of nitrogens with two attached hydrogens (primary N) is 3. The summed E-state index contributed by atoms with van der Waals surface area (Å²) in [6.07, 6.45) is -5.70. The molecule has 0 saturated carbocycles. The molecular weight excluding hydrogens is 585 g/mol. The van der Waals surface area contributed by atoms with Crippen LogP contribution in [-0.4, -0.2) is 109 Å². The van der Waals surface area contributed by atoms with Gasteiger partial charge < -0.3 is 46.9 Å². The molecule has 11 N–H and O–H groups in total. The third kappa shape index (κ3) is 4.80. The quantitative estimate of drug-likeness (QED) is 0.0894. The fraction of sp³-hybridized carbons (Fsp3) is 0.500. The Labute approximate surface area is 233 Å². The molecule has 4 aromatic heterocycles. The maximum atomic E-state index is 13.0. The zero-order valence-corrected chi connectivity index (χ0v) is 22.2. The summed E-state index contributed by atoms with van der Waals surface area (Å²) in [7, 11) is -5.00. The summed E-state index contributed by atoms with van der Waals surface area (Å²) >= 11 is 0. The first-order valence-corrected chi connectivity index (χ1v) is 13.8. The van der Waals surface area contributed by atoms with Gasteiger partial charge in [-0.05, 0) is 0 Å². The first-order chi connectivity index (χ1) is 20.0. The number of hydrogen-bond acceptors (Lipinski definition) is 17. The molecule has 42 heavy (non-hydrogen) atoms. The van der Waals surface area contributed by atoms with E-state index in [-0.39, 0.29) is 34.1 Å². The number of ether oxygens (including phenoxy) is 2. The number of nitrogens with one attached hydrogen (secondary N) is 1. The molecule has 6 heterocycles. The molecule has 0 aliphatic carbocycles. The van der Waals surface area contributed by atoms with Crippen molar-refractivity contribution >= 4 is 41.9 Å². The second-order valence-electron chi connectivity index (χ2n) is 9.56. The highest BCUT2D eigenvalue weighted by molar-refractivity contribution is 7.47. The summed E-state index contributed by atoms with van der Waals surface area (Å²) in [5.74, 6) is -0.128.